The summed E-state index contributed by atoms with van der Waals surface area (Å²) in [4.78, 5) is 12.3. The Morgan fingerprint density at radius 1 is 1.00 bits per heavy atom. The van der Waals surface area contributed by atoms with Crippen LogP contribution in [0.2, 0.25) is 0 Å². The zero-order valence-corrected chi connectivity index (χ0v) is 13.2. The lowest BCUT2D eigenvalue weighted by Gasteiger charge is -2.08. The Bertz CT molecular complexity index is 724. The van der Waals surface area contributed by atoms with Gasteiger partial charge in [0.1, 0.15) is 17.2 Å². The smallest absolute Gasteiger partial charge is 0.387 e. The van der Waals surface area contributed by atoms with E-state index in [1.165, 1.54) is 32.4 Å². The summed E-state index contributed by atoms with van der Waals surface area (Å²) in [5.41, 5.74) is 1.04. The van der Waals surface area contributed by atoms with Crippen LogP contribution in [0.3, 0.4) is 0 Å². The number of rotatable bonds is 7. The molecule has 0 amide bonds. The number of halogens is 2. The lowest BCUT2D eigenvalue weighted by Crippen LogP contribution is -2.01. The zero-order valence-electron chi connectivity index (χ0n) is 13.2. The zero-order chi connectivity index (χ0) is 17.5. The van der Waals surface area contributed by atoms with Crippen molar-refractivity contribution in [2.75, 3.05) is 14.2 Å². The van der Waals surface area contributed by atoms with Gasteiger partial charge in [-0.3, -0.25) is 4.79 Å². The summed E-state index contributed by atoms with van der Waals surface area (Å²) in [5.74, 6) is 0.772. The van der Waals surface area contributed by atoms with E-state index in [0.29, 0.717) is 22.6 Å². The predicted octanol–water partition coefficient (Wildman–Crippen LogP) is 4.20. The number of benzene rings is 2. The topological polar surface area (TPSA) is 44.8 Å². The largest absolute Gasteiger partial charge is 0.497 e. The molecule has 126 valence electrons. The summed E-state index contributed by atoms with van der Waals surface area (Å²) < 4.78 is 38.7. The molecule has 0 fully saturated rings. The Hall–Kier alpha value is -2.89. The fraction of sp³-hybridized carbons (Fsp3) is 0.167. The fourth-order valence-corrected chi connectivity index (χ4v) is 2.03. The van der Waals surface area contributed by atoms with E-state index in [-0.39, 0.29) is 11.5 Å². The molecule has 4 nitrogen and oxygen atoms in total. The molecule has 0 aliphatic rings. The maximum absolute atomic E-state index is 12.3. The van der Waals surface area contributed by atoms with E-state index in [2.05, 4.69) is 4.74 Å². The molecule has 0 unspecified atom stereocenters. The number of hydrogen-bond acceptors (Lipinski definition) is 4. The van der Waals surface area contributed by atoms with Gasteiger partial charge in [-0.15, -0.1) is 0 Å². The van der Waals surface area contributed by atoms with Crippen LogP contribution in [0.25, 0.3) is 6.08 Å². The minimum Gasteiger partial charge on any atom is -0.497 e. The molecule has 2 rings (SSSR count). The van der Waals surface area contributed by atoms with E-state index < -0.39 is 6.61 Å². The van der Waals surface area contributed by atoms with Gasteiger partial charge in [0, 0.05) is 0 Å². The third-order valence-electron chi connectivity index (χ3n) is 3.20. The molecule has 0 aromatic heterocycles. The van der Waals surface area contributed by atoms with Crippen molar-refractivity contribution < 1.29 is 27.8 Å². The molecule has 0 atom stereocenters. The number of ketones is 1. The molecular weight excluding hydrogens is 318 g/mol. The fourth-order valence-electron chi connectivity index (χ4n) is 2.03. The summed E-state index contributed by atoms with van der Waals surface area (Å²) in [7, 11) is 2.99. The summed E-state index contributed by atoms with van der Waals surface area (Å²) in [6.07, 6.45) is 2.95. The Labute approximate surface area is 138 Å². The molecule has 2 aromatic carbocycles. The van der Waals surface area contributed by atoms with Gasteiger partial charge in [0.2, 0.25) is 0 Å². The lowest BCUT2D eigenvalue weighted by atomic mass is 10.1. The highest BCUT2D eigenvalue weighted by Gasteiger charge is 2.11. The number of ether oxygens (including phenoxy) is 3. The summed E-state index contributed by atoms with van der Waals surface area (Å²) in [6.45, 7) is -2.87. The minimum absolute atomic E-state index is 0.0583. The number of allylic oxidation sites excluding steroid dienone is 1. The van der Waals surface area contributed by atoms with Crippen LogP contribution < -0.4 is 14.2 Å². The van der Waals surface area contributed by atoms with Gasteiger partial charge < -0.3 is 14.2 Å². The molecule has 0 bridgehead atoms. The first-order chi connectivity index (χ1) is 11.5. The highest BCUT2D eigenvalue weighted by molar-refractivity contribution is 6.08. The number of hydrogen-bond donors (Lipinski definition) is 0. The minimum atomic E-state index is -2.87. The lowest BCUT2D eigenvalue weighted by molar-refractivity contribution is -0.0498. The van der Waals surface area contributed by atoms with E-state index >= 15 is 0 Å². The number of carbonyl (C=O) groups excluding carboxylic acids is 1. The van der Waals surface area contributed by atoms with Gasteiger partial charge in [0.05, 0.1) is 19.8 Å². The molecule has 0 spiro atoms. The molecule has 0 saturated heterocycles. The van der Waals surface area contributed by atoms with Crippen LogP contribution in [0.4, 0.5) is 8.78 Å². The third-order valence-corrected chi connectivity index (χ3v) is 3.20. The Kier molecular flexibility index (Phi) is 5.89. The Morgan fingerprint density at radius 3 is 2.25 bits per heavy atom. The van der Waals surface area contributed by atoms with Crippen molar-refractivity contribution >= 4 is 11.9 Å². The summed E-state index contributed by atoms with van der Waals surface area (Å²) >= 11 is 0. The van der Waals surface area contributed by atoms with Crippen molar-refractivity contribution in [3.05, 3.63) is 59.7 Å². The molecule has 24 heavy (non-hydrogen) atoms. The molecule has 0 heterocycles. The standard InChI is InChI=1S/C18H16F2O4/c1-22-14-8-10-17(23-2)15(11-14)16(21)9-5-12-3-6-13(7-4-12)24-18(19)20/h3-11,18H,1-2H3/b9-5+. The first-order valence-electron chi connectivity index (χ1n) is 7.03. The van der Waals surface area contributed by atoms with Crippen molar-refractivity contribution in [1.82, 2.24) is 0 Å². The average Bonchev–Trinajstić information content (AvgIpc) is 2.59. The van der Waals surface area contributed by atoms with Gasteiger partial charge in [0.25, 0.3) is 0 Å². The average molecular weight is 334 g/mol. The number of carbonyl (C=O) groups is 1. The molecule has 0 N–H and O–H groups in total. The van der Waals surface area contributed by atoms with E-state index in [9.17, 15) is 13.6 Å². The van der Waals surface area contributed by atoms with Crippen LogP contribution in [-0.2, 0) is 0 Å². The first kappa shape index (κ1) is 17.5. The first-order valence-corrected chi connectivity index (χ1v) is 7.03. The second-order valence-electron chi connectivity index (χ2n) is 4.71. The van der Waals surface area contributed by atoms with Gasteiger partial charge in [-0.2, -0.15) is 8.78 Å². The highest BCUT2D eigenvalue weighted by Crippen LogP contribution is 2.25. The second-order valence-corrected chi connectivity index (χ2v) is 4.71. The van der Waals surface area contributed by atoms with Gasteiger partial charge in [-0.25, -0.2) is 0 Å². The van der Waals surface area contributed by atoms with Crippen molar-refractivity contribution in [3.63, 3.8) is 0 Å². The quantitative estimate of drug-likeness (QED) is 0.562. The SMILES string of the molecule is COc1ccc(OC)c(C(=O)/C=C/c2ccc(OC(F)F)cc2)c1. The van der Waals surface area contributed by atoms with E-state index in [1.807, 2.05) is 0 Å². The summed E-state index contributed by atoms with van der Waals surface area (Å²) in [6, 6.07) is 10.9. The predicted molar refractivity (Wildman–Crippen MR) is 86.0 cm³/mol. The normalized spacial score (nSPS) is 10.9. The maximum atomic E-state index is 12.3. The van der Waals surface area contributed by atoms with Crippen molar-refractivity contribution in [2.45, 2.75) is 6.61 Å². The summed E-state index contributed by atoms with van der Waals surface area (Å²) in [5, 5.41) is 0. The monoisotopic (exact) mass is 334 g/mol. The van der Waals surface area contributed by atoms with Crippen LogP contribution >= 0.6 is 0 Å². The molecule has 0 radical (unpaired) electrons. The van der Waals surface area contributed by atoms with Crippen molar-refractivity contribution in [3.8, 4) is 17.2 Å². The van der Waals surface area contributed by atoms with Crippen molar-refractivity contribution in [1.29, 1.82) is 0 Å². The van der Waals surface area contributed by atoms with Gasteiger partial charge in [-0.05, 0) is 42.0 Å². The highest BCUT2D eigenvalue weighted by atomic mass is 19.3. The van der Waals surface area contributed by atoms with Gasteiger partial charge >= 0.3 is 6.61 Å². The Balaban J connectivity index is 2.15. The third kappa shape index (κ3) is 4.55. The Morgan fingerprint density at radius 2 is 1.67 bits per heavy atom. The number of alkyl halides is 2. The van der Waals surface area contributed by atoms with Crippen LogP contribution in [0.15, 0.2) is 48.5 Å². The molecule has 6 heteroatoms. The van der Waals surface area contributed by atoms with Crippen LogP contribution in [0.5, 0.6) is 17.2 Å². The molecule has 2 aromatic rings. The molecule has 0 saturated carbocycles. The van der Waals surface area contributed by atoms with Gasteiger partial charge in [0.15, 0.2) is 5.78 Å². The van der Waals surface area contributed by atoms with E-state index in [0.717, 1.165) is 0 Å². The van der Waals surface area contributed by atoms with Crippen molar-refractivity contribution in [2.24, 2.45) is 0 Å². The molecular formula is C18H16F2O4. The second kappa shape index (κ2) is 8.10. The van der Waals surface area contributed by atoms with E-state index in [1.54, 1.807) is 36.4 Å². The van der Waals surface area contributed by atoms with Crippen LogP contribution in [0, 0.1) is 0 Å². The molecule has 0 aliphatic carbocycles. The van der Waals surface area contributed by atoms with Crippen LogP contribution in [-0.4, -0.2) is 26.6 Å². The maximum Gasteiger partial charge on any atom is 0.387 e. The van der Waals surface area contributed by atoms with Gasteiger partial charge in [-0.1, -0.05) is 18.2 Å². The molecule has 0 aliphatic heterocycles. The van der Waals surface area contributed by atoms with Crippen LogP contribution in [0.1, 0.15) is 15.9 Å². The number of methoxy groups -OCH3 is 2. The van der Waals surface area contributed by atoms with E-state index in [4.69, 9.17) is 9.47 Å².